The average Bonchev–Trinajstić information content (AvgIpc) is 2.53. The number of methoxy groups -OCH3 is 2. The van der Waals surface area contributed by atoms with Crippen LogP contribution in [-0.2, 0) is 14.2 Å². The van der Waals surface area contributed by atoms with E-state index in [2.05, 4.69) is 14.5 Å². The zero-order chi connectivity index (χ0) is 15.2. The highest BCUT2D eigenvalue weighted by molar-refractivity contribution is 5.92. The molecule has 1 atom stereocenters. The molecule has 1 fully saturated rings. The first-order chi connectivity index (χ1) is 10.1. The van der Waals surface area contributed by atoms with Crippen LogP contribution in [0.25, 0.3) is 0 Å². The number of carbonyl (C=O) groups excluding carboxylic acids is 2. The number of nitrogens with zero attached hydrogens (tertiary/aromatic N) is 1. The van der Waals surface area contributed by atoms with Gasteiger partial charge in [0, 0.05) is 18.6 Å². The summed E-state index contributed by atoms with van der Waals surface area (Å²) in [4.78, 5) is 27.1. The highest BCUT2D eigenvalue weighted by Gasteiger charge is 2.20. The molecule has 1 unspecified atom stereocenters. The summed E-state index contributed by atoms with van der Waals surface area (Å²) in [5, 5.41) is 0. The summed E-state index contributed by atoms with van der Waals surface area (Å²) < 4.78 is 20.3. The maximum Gasteiger partial charge on any atom is 0.356 e. The van der Waals surface area contributed by atoms with Gasteiger partial charge in [0.15, 0.2) is 17.7 Å². The lowest BCUT2D eigenvalue weighted by Crippen LogP contribution is -2.25. The molecular formula is C14H17NO6. The normalized spacial score (nSPS) is 17.9. The van der Waals surface area contributed by atoms with E-state index in [4.69, 9.17) is 9.47 Å². The third kappa shape index (κ3) is 3.91. The van der Waals surface area contributed by atoms with Gasteiger partial charge in [0.05, 0.1) is 20.8 Å². The Labute approximate surface area is 122 Å². The van der Waals surface area contributed by atoms with Gasteiger partial charge in [-0.25, -0.2) is 14.6 Å². The van der Waals surface area contributed by atoms with Gasteiger partial charge in [-0.2, -0.15) is 0 Å². The predicted molar refractivity (Wildman–Crippen MR) is 71.1 cm³/mol. The van der Waals surface area contributed by atoms with Crippen molar-refractivity contribution >= 4 is 11.9 Å². The van der Waals surface area contributed by atoms with Gasteiger partial charge < -0.3 is 18.9 Å². The summed E-state index contributed by atoms with van der Waals surface area (Å²) in [7, 11) is 2.47. The summed E-state index contributed by atoms with van der Waals surface area (Å²) in [6.07, 6.45) is 2.36. The minimum absolute atomic E-state index is 0.0220. The molecule has 1 aliphatic rings. The van der Waals surface area contributed by atoms with Gasteiger partial charge in [-0.05, 0) is 12.8 Å². The molecule has 0 radical (unpaired) electrons. The van der Waals surface area contributed by atoms with E-state index in [1.807, 2.05) is 0 Å². The van der Waals surface area contributed by atoms with Crippen molar-refractivity contribution in [2.75, 3.05) is 20.8 Å². The summed E-state index contributed by atoms with van der Waals surface area (Å²) >= 11 is 0. The molecule has 1 aromatic heterocycles. The van der Waals surface area contributed by atoms with Crippen molar-refractivity contribution in [3.05, 3.63) is 23.5 Å². The fourth-order valence-corrected chi connectivity index (χ4v) is 1.95. The lowest BCUT2D eigenvalue weighted by Gasteiger charge is -2.23. The summed E-state index contributed by atoms with van der Waals surface area (Å²) in [5.41, 5.74) is -0.0441. The van der Waals surface area contributed by atoms with E-state index in [0.717, 1.165) is 19.3 Å². The molecule has 0 aromatic carbocycles. The van der Waals surface area contributed by atoms with Crippen molar-refractivity contribution in [2.45, 2.75) is 25.6 Å². The lowest BCUT2D eigenvalue weighted by atomic mass is 10.2. The second kappa shape index (κ2) is 7.03. The molecule has 7 nitrogen and oxygen atoms in total. The van der Waals surface area contributed by atoms with Crippen molar-refractivity contribution in [3.8, 4) is 5.75 Å². The molecule has 2 rings (SSSR count). The third-order valence-corrected chi connectivity index (χ3v) is 2.99. The zero-order valence-electron chi connectivity index (χ0n) is 12.0. The number of rotatable bonds is 4. The predicted octanol–water partition coefficient (Wildman–Crippen LogP) is 1.56. The zero-order valence-corrected chi connectivity index (χ0v) is 12.0. The molecule has 21 heavy (non-hydrogen) atoms. The molecule has 0 spiro atoms. The molecule has 1 saturated heterocycles. The van der Waals surface area contributed by atoms with Crippen LogP contribution in [0.15, 0.2) is 12.1 Å². The van der Waals surface area contributed by atoms with Gasteiger partial charge in [-0.1, -0.05) is 0 Å². The number of hydrogen-bond acceptors (Lipinski definition) is 7. The Kier molecular flexibility index (Phi) is 5.10. The summed E-state index contributed by atoms with van der Waals surface area (Å²) in [5.74, 6) is -0.997. The number of esters is 2. The Morgan fingerprint density at radius 3 is 2.24 bits per heavy atom. The van der Waals surface area contributed by atoms with Crippen molar-refractivity contribution < 1.29 is 28.5 Å². The Bertz CT molecular complexity index is 490. The van der Waals surface area contributed by atoms with Crippen LogP contribution in [0.5, 0.6) is 5.75 Å². The Morgan fingerprint density at radius 2 is 1.76 bits per heavy atom. The monoisotopic (exact) mass is 295 g/mol. The smallest absolute Gasteiger partial charge is 0.356 e. The average molecular weight is 295 g/mol. The molecule has 0 N–H and O–H groups in total. The summed E-state index contributed by atoms with van der Waals surface area (Å²) in [6.45, 7) is 0.628. The minimum atomic E-state index is -0.657. The first kappa shape index (κ1) is 15.2. The van der Waals surface area contributed by atoms with E-state index in [9.17, 15) is 9.59 Å². The Morgan fingerprint density at radius 1 is 1.14 bits per heavy atom. The number of aromatic nitrogens is 1. The molecule has 7 heteroatoms. The Hall–Kier alpha value is -2.15. The van der Waals surface area contributed by atoms with Gasteiger partial charge in [-0.15, -0.1) is 0 Å². The lowest BCUT2D eigenvalue weighted by molar-refractivity contribution is -0.106. The maximum absolute atomic E-state index is 11.6. The number of hydrogen-bond donors (Lipinski definition) is 0. The molecule has 114 valence electrons. The maximum atomic E-state index is 11.6. The van der Waals surface area contributed by atoms with Crippen molar-refractivity contribution in [1.82, 2.24) is 4.98 Å². The molecule has 1 aliphatic heterocycles. The van der Waals surface area contributed by atoms with Crippen LogP contribution >= 0.6 is 0 Å². The molecule has 0 amide bonds. The Balaban J connectivity index is 2.25. The van der Waals surface area contributed by atoms with Gasteiger partial charge in [-0.3, -0.25) is 0 Å². The molecular weight excluding hydrogens is 278 g/mol. The van der Waals surface area contributed by atoms with E-state index in [0.29, 0.717) is 12.4 Å². The quantitative estimate of drug-likeness (QED) is 0.779. The third-order valence-electron chi connectivity index (χ3n) is 2.99. The van der Waals surface area contributed by atoms with Crippen LogP contribution in [0.2, 0.25) is 0 Å². The van der Waals surface area contributed by atoms with Gasteiger partial charge in [0.1, 0.15) is 5.75 Å². The molecule has 2 heterocycles. The fourth-order valence-electron chi connectivity index (χ4n) is 1.95. The first-order valence-corrected chi connectivity index (χ1v) is 6.61. The van der Waals surface area contributed by atoms with Crippen LogP contribution in [0.3, 0.4) is 0 Å². The van der Waals surface area contributed by atoms with Crippen molar-refractivity contribution in [2.24, 2.45) is 0 Å². The van der Waals surface area contributed by atoms with E-state index in [1.54, 1.807) is 0 Å². The van der Waals surface area contributed by atoms with E-state index in [-0.39, 0.29) is 11.4 Å². The van der Waals surface area contributed by atoms with Crippen LogP contribution in [0, 0.1) is 0 Å². The largest absolute Gasteiger partial charge is 0.465 e. The second-order valence-corrected chi connectivity index (χ2v) is 4.47. The van der Waals surface area contributed by atoms with E-state index < -0.39 is 18.2 Å². The van der Waals surface area contributed by atoms with Crippen LogP contribution in [-0.4, -0.2) is 44.0 Å². The molecule has 0 aliphatic carbocycles. The van der Waals surface area contributed by atoms with Crippen molar-refractivity contribution in [3.63, 3.8) is 0 Å². The minimum Gasteiger partial charge on any atom is -0.465 e. The van der Waals surface area contributed by atoms with Gasteiger partial charge in [0.2, 0.25) is 0 Å². The van der Waals surface area contributed by atoms with Crippen LogP contribution < -0.4 is 4.74 Å². The molecule has 0 saturated carbocycles. The van der Waals surface area contributed by atoms with Gasteiger partial charge in [0.25, 0.3) is 0 Å². The van der Waals surface area contributed by atoms with Gasteiger partial charge >= 0.3 is 11.9 Å². The fraction of sp³-hybridized carbons (Fsp3) is 0.500. The van der Waals surface area contributed by atoms with Crippen LogP contribution in [0.4, 0.5) is 0 Å². The first-order valence-electron chi connectivity index (χ1n) is 6.61. The number of carbonyl (C=O) groups is 2. The topological polar surface area (TPSA) is 84.0 Å². The highest BCUT2D eigenvalue weighted by atomic mass is 16.7. The standard InChI is InChI=1S/C14H17NO6/c1-18-13(16)10-7-9(8-11(15-10)14(17)19-2)21-12-5-3-4-6-20-12/h7-8,12H,3-6H2,1-2H3. The van der Waals surface area contributed by atoms with Crippen molar-refractivity contribution in [1.29, 1.82) is 0 Å². The molecule has 0 bridgehead atoms. The van der Waals surface area contributed by atoms with E-state index >= 15 is 0 Å². The van der Waals surface area contributed by atoms with E-state index in [1.165, 1.54) is 26.4 Å². The number of pyridine rings is 1. The number of ether oxygens (including phenoxy) is 4. The summed E-state index contributed by atoms with van der Waals surface area (Å²) in [6, 6.07) is 2.83. The van der Waals surface area contributed by atoms with Crippen LogP contribution in [0.1, 0.15) is 40.2 Å². The highest BCUT2D eigenvalue weighted by Crippen LogP contribution is 2.21. The SMILES string of the molecule is COC(=O)c1cc(OC2CCCCO2)cc(C(=O)OC)n1. The second-order valence-electron chi connectivity index (χ2n) is 4.47. The molecule has 1 aromatic rings.